The van der Waals surface area contributed by atoms with Crippen molar-refractivity contribution in [2.24, 2.45) is 0 Å². The highest BCUT2D eigenvalue weighted by molar-refractivity contribution is 4.78. The number of piperidine rings is 1. The SMILES string of the molecule is CCCC(CC)NC1CCNCC1. The predicted octanol–water partition coefficient (Wildman–Crippen LogP) is 1.91. The molecule has 0 bridgehead atoms. The number of hydrogen-bond acceptors (Lipinski definition) is 2. The molecule has 1 saturated heterocycles. The van der Waals surface area contributed by atoms with Crippen LogP contribution in [0.5, 0.6) is 0 Å². The first-order chi connectivity index (χ1) is 6.36. The van der Waals surface area contributed by atoms with Gasteiger partial charge in [0.25, 0.3) is 0 Å². The lowest BCUT2D eigenvalue weighted by Crippen LogP contribution is -2.44. The van der Waals surface area contributed by atoms with E-state index < -0.39 is 0 Å². The van der Waals surface area contributed by atoms with Gasteiger partial charge in [0.1, 0.15) is 0 Å². The Hall–Kier alpha value is -0.0800. The van der Waals surface area contributed by atoms with Crippen molar-refractivity contribution >= 4 is 0 Å². The van der Waals surface area contributed by atoms with Crippen molar-refractivity contribution < 1.29 is 0 Å². The molecule has 1 fully saturated rings. The van der Waals surface area contributed by atoms with E-state index in [-0.39, 0.29) is 0 Å². The number of rotatable bonds is 5. The summed E-state index contributed by atoms with van der Waals surface area (Å²) in [5, 5.41) is 7.16. The Bertz CT molecular complexity index is 117. The summed E-state index contributed by atoms with van der Waals surface area (Å²) in [4.78, 5) is 0. The first kappa shape index (κ1) is 11.0. The third-order valence-corrected chi connectivity index (χ3v) is 2.94. The largest absolute Gasteiger partial charge is 0.317 e. The van der Waals surface area contributed by atoms with E-state index in [4.69, 9.17) is 0 Å². The van der Waals surface area contributed by atoms with E-state index in [1.54, 1.807) is 0 Å². The van der Waals surface area contributed by atoms with Gasteiger partial charge in [0.2, 0.25) is 0 Å². The molecule has 1 unspecified atom stereocenters. The van der Waals surface area contributed by atoms with Crippen LogP contribution in [0.4, 0.5) is 0 Å². The maximum Gasteiger partial charge on any atom is 0.00938 e. The third kappa shape index (κ3) is 4.10. The molecule has 0 aromatic heterocycles. The van der Waals surface area contributed by atoms with E-state index in [1.807, 2.05) is 0 Å². The van der Waals surface area contributed by atoms with Gasteiger partial charge in [0.05, 0.1) is 0 Å². The van der Waals surface area contributed by atoms with Crippen LogP contribution in [0.1, 0.15) is 46.0 Å². The lowest BCUT2D eigenvalue weighted by molar-refractivity contribution is 0.331. The molecule has 1 heterocycles. The van der Waals surface area contributed by atoms with Crippen molar-refractivity contribution in [3.8, 4) is 0 Å². The van der Waals surface area contributed by atoms with Crippen molar-refractivity contribution in [3.63, 3.8) is 0 Å². The molecule has 1 rings (SSSR count). The second-order valence-electron chi connectivity index (χ2n) is 4.08. The molecule has 1 aliphatic heterocycles. The fraction of sp³-hybridized carbons (Fsp3) is 1.00. The molecular formula is C11H24N2. The van der Waals surface area contributed by atoms with Gasteiger partial charge in [-0.05, 0) is 38.8 Å². The molecule has 2 heteroatoms. The third-order valence-electron chi connectivity index (χ3n) is 2.94. The van der Waals surface area contributed by atoms with Crippen molar-refractivity contribution in [2.45, 2.75) is 58.0 Å². The monoisotopic (exact) mass is 184 g/mol. The average Bonchev–Trinajstić information content (AvgIpc) is 2.19. The molecule has 78 valence electrons. The quantitative estimate of drug-likeness (QED) is 0.682. The molecule has 0 aromatic carbocycles. The Morgan fingerprint density at radius 2 is 2.00 bits per heavy atom. The molecule has 0 amide bonds. The summed E-state index contributed by atoms with van der Waals surface area (Å²) in [6, 6.07) is 1.53. The molecule has 0 aliphatic carbocycles. The second kappa shape index (κ2) is 6.39. The summed E-state index contributed by atoms with van der Waals surface area (Å²) in [7, 11) is 0. The predicted molar refractivity (Wildman–Crippen MR) is 58.0 cm³/mol. The molecule has 1 aliphatic rings. The van der Waals surface area contributed by atoms with Gasteiger partial charge >= 0.3 is 0 Å². The van der Waals surface area contributed by atoms with Crippen LogP contribution < -0.4 is 10.6 Å². The minimum atomic E-state index is 0.757. The fourth-order valence-electron chi connectivity index (χ4n) is 2.08. The zero-order valence-electron chi connectivity index (χ0n) is 9.10. The smallest absolute Gasteiger partial charge is 0.00938 e. The molecule has 0 aromatic rings. The highest BCUT2D eigenvalue weighted by atomic mass is 15.0. The van der Waals surface area contributed by atoms with Gasteiger partial charge in [-0.1, -0.05) is 20.3 Å². The molecule has 0 radical (unpaired) electrons. The second-order valence-corrected chi connectivity index (χ2v) is 4.08. The maximum absolute atomic E-state index is 3.77. The molecule has 13 heavy (non-hydrogen) atoms. The van der Waals surface area contributed by atoms with Crippen LogP contribution in [0, 0.1) is 0 Å². The minimum Gasteiger partial charge on any atom is -0.317 e. The van der Waals surface area contributed by atoms with Gasteiger partial charge in [0, 0.05) is 12.1 Å². The van der Waals surface area contributed by atoms with Gasteiger partial charge in [-0.25, -0.2) is 0 Å². The normalized spacial score (nSPS) is 21.7. The van der Waals surface area contributed by atoms with E-state index >= 15 is 0 Å². The highest BCUT2D eigenvalue weighted by Crippen LogP contribution is 2.08. The van der Waals surface area contributed by atoms with Gasteiger partial charge in [-0.15, -0.1) is 0 Å². The minimum absolute atomic E-state index is 0.757. The summed E-state index contributed by atoms with van der Waals surface area (Å²) in [6.07, 6.45) is 6.52. The van der Waals surface area contributed by atoms with Gasteiger partial charge in [-0.2, -0.15) is 0 Å². The lowest BCUT2D eigenvalue weighted by Gasteiger charge is -2.28. The van der Waals surface area contributed by atoms with Crippen LogP contribution >= 0.6 is 0 Å². The Kier molecular flexibility index (Phi) is 5.40. The van der Waals surface area contributed by atoms with Crippen LogP contribution in [-0.2, 0) is 0 Å². The molecule has 0 saturated carbocycles. The van der Waals surface area contributed by atoms with Crippen LogP contribution in [0.2, 0.25) is 0 Å². The summed E-state index contributed by atoms with van der Waals surface area (Å²) in [6.45, 7) is 6.95. The van der Waals surface area contributed by atoms with Gasteiger partial charge < -0.3 is 10.6 Å². The Labute approximate surface area is 82.5 Å². The average molecular weight is 184 g/mol. The molecule has 0 spiro atoms. The standard InChI is InChI=1S/C11H24N2/c1-3-5-10(4-2)13-11-6-8-12-9-7-11/h10-13H,3-9H2,1-2H3. The van der Waals surface area contributed by atoms with Crippen LogP contribution in [0.25, 0.3) is 0 Å². The van der Waals surface area contributed by atoms with Crippen molar-refractivity contribution in [1.82, 2.24) is 10.6 Å². The molecule has 2 nitrogen and oxygen atoms in total. The summed E-state index contributed by atoms with van der Waals surface area (Å²) < 4.78 is 0. The van der Waals surface area contributed by atoms with Crippen molar-refractivity contribution in [3.05, 3.63) is 0 Å². The Balaban J connectivity index is 2.18. The zero-order valence-corrected chi connectivity index (χ0v) is 9.10. The number of hydrogen-bond donors (Lipinski definition) is 2. The summed E-state index contributed by atoms with van der Waals surface area (Å²) in [5.74, 6) is 0. The van der Waals surface area contributed by atoms with Crippen molar-refractivity contribution in [2.75, 3.05) is 13.1 Å². The lowest BCUT2D eigenvalue weighted by atomic mass is 10.0. The van der Waals surface area contributed by atoms with Crippen LogP contribution in [-0.4, -0.2) is 25.2 Å². The molecule has 1 atom stereocenters. The van der Waals surface area contributed by atoms with Gasteiger partial charge in [0.15, 0.2) is 0 Å². The van der Waals surface area contributed by atoms with Crippen molar-refractivity contribution in [1.29, 1.82) is 0 Å². The van der Waals surface area contributed by atoms with E-state index in [1.165, 1.54) is 45.2 Å². The van der Waals surface area contributed by atoms with E-state index in [2.05, 4.69) is 24.5 Å². The van der Waals surface area contributed by atoms with Crippen LogP contribution in [0.3, 0.4) is 0 Å². The summed E-state index contributed by atoms with van der Waals surface area (Å²) >= 11 is 0. The van der Waals surface area contributed by atoms with Gasteiger partial charge in [-0.3, -0.25) is 0 Å². The zero-order chi connectivity index (χ0) is 9.52. The van der Waals surface area contributed by atoms with E-state index in [0.29, 0.717) is 0 Å². The first-order valence-corrected chi connectivity index (χ1v) is 5.83. The van der Waals surface area contributed by atoms with E-state index in [0.717, 1.165) is 12.1 Å². The topological polar surface area (TPSA) is 24.1 Å². The van der Waals surface area contributed by atoms with Crippen LogP contribution in [0.15, 0.2) is 0 Å². The molecule has 2 N–H and O–H groups in total. The van der Waals surface area contributed by atoms with E-state index in [9.17, 15) is 0 Å². The number of nitrogens with one attached hydrogen (secondary N) is 2. The highest BCUT2D eigenvalue weighted by Gasteiger charge is 2.15. The fourth-order valence-corrected chi connectivity index (χ4v) is 2.08. The maximum atomic E-state index is 3.77. The Morgan fingerprint density at radius 3 is 2.54 bits per heavy atom. The Morgan fingerprint density at radius 1 is 1.31 bits per heavy atom. The molecular weight excluding hydrogens is 160 g/mol. The first-order valence-electron chi connectivity index (χ1n) is 5.83. The summed E-state index contributed by atoms with van der Waals surface area (Å²) in [5.41, 5.74) is 0.